The van der Waals surface area contributed by atoms with Gasteiger partial charge in [-0.25, -0.2) is 19.6 Å². The minimum atomic E-state index is -2.73. The zero-order valence-electron chi connectivity index (χ0n) is 18.4. The molecule has 0 fully saturated rings. The van der Waals surface area contributed by atoms with Crippen molar-refractivity contribution in [3.63, 3.8) is 0 Å². The van der Waals surface area contributed by atoms with E-state index in [1.54, 1.807) is 23.9 Å². The minimum absolute atomic E-state index is 0.0576. The molecule has 0 aliphatic rings. The Morgan fingerprint density at radius 3 is 2.76 bits per heavy atom. The number of carbonyl (C=O) groups excluding carboxylic acids is 1. The molecule has 5 rings (SSSR count). The van der Waals surface area contributed by atoms with Crippen molar-refractivity contribution in [2.45, 2.75) is 33.4 Å². The van der Waals surface area contributed by atoms with Gasteiger partial charge in [0.25, 0.3) is 5.91 Å². The lowest BCUT2D eigenvalue weighted by molar-refractivity contribution is 0.0720. The van der Waals surface area contributed by atoms with Crippen LogP contribution in [0.4, 0.5) is 13.9 Å². The minimum Gasteiger partial charge on any atom is -0.298 e. The molecule has 12 heteroatoms. The summed E-state index contributed by atoms with van der Waals surface area (Å²) in [6.45, 7) is 2.96. The molecule has 0 aliphatic heterocycles. The van der Waals surface area contributed by atoms with E-state index in [2.05, 4.69) is 20.4 Å². The van der Waals surface area contributed by atoms with Crippen molar-refractivity contribution < 1.29 is 13.6 Å². The first kappa shape index (κ1) is 22.3. The lowest BCUT2D eigenvalue weighted by atomic mass is 10.1. The highest BCUT2D eigenvalue weighted by Crippen LogP contribution is 2.34. The van der Waals surface area contributed by atoms with E-state index in [1.165, 1.54) is 23.7 Å². The van der Waals surface area contributed by atoms with Crippen LogP contribution in [0.1, 0.15) is 42.5 Å². The maximum absolute atomic E-state index is 13.4. The van der Waals surface area contributed by atoms with Crippen LogP contribution in [-0.4, -0.2) is 35.2 Å². The molecule has 5 heterocycles. The van der Waals surface area contributed by atoms with E-state index in [1.807, 2.05) is 31.4 Å². The Hall–Kier alpha value is -3.51. The van der Waals surface area contributed by atoms with Crippen LogP contribution in [-0.2, 0) is 0 Å². The summed E-state index contributed by atoms with van der Waals surface area (Å²) in [5.74, 6) is -0.277. The van der Waals surface area contributed by atoms with Crippen LogP contribution >= 0.6 is 22.7 Å². The Bertz CT molecular complexity index is 1480. The molecule has 5 aromatic rings. The predicted molar refractivity (Wildman–Crippen MR) is 129 cm³/mol. The van der Waals surface area contributed by atoms with Gasteiger partial charge in [-0.1, -0.05) is 17.4 Å². The van der Waals surface area contributed by atoms with E-state index < -0.39 is 6.55 Å². The molecule has 0 aromatic carbocycles. The number of hydrogen-bond donors (Lipinski definition) is 1. The van der Waals surface area contributed by atoms with Gasteiger partial charge in [0.2, 0.25) is 0 Å². The maximum atomic E-state index is 13.4. The van der Waals surface area contributed by atoms with Crippen LogP contribution in [0.2, 0.25) is 0 Å². The molecule has 0 unspecified atom stereocenters. The Balaban J connectivity index is 1.54. The molecule has 1 amide bonds. The third kappa shape index (κ3) is 3.88. The fourth-order valence-corrected chi connectivity index (χ4v) is 5.25. The number of aryl methyl sites for hydroxylation is 1. The second-order valence-corrected chi connectivity index (χ2v) is 9.72. The second kappa shape index (κ2) is 8.69. The molecule has 8 nitrogen and oxygen atoms in total. The van der Waals surface area contributed by atoms with E-state index in [-0.39, 0.29) is 17.8 Å². The van der Waals surface area contributed by atoms with Gasteiger partial charge in [0, 0.05) is 18.4 Å². The third-order valence-electron chi connectivity index (χ3n) is 5.17. The fraction of sp³-hybridized carbons (Fsp3) is 0.227. The van der Waals surface area contributed by atoms with Gasteiger partial charge in [0.1, 0.15) is 0 Å². The Labute approximate surface area is 200 Å². The van der Waals surface area contributed by atoms with Crippen molar-refractivity contribution in [1.82, 2.24) is 29.3 Å². The number of nitrogens with zero attached hydrogens (tertiary/aromatic N) is 6. The van der Waals surface area contributed by atoms with Crippen molar-refractivity contribution in [3.05, 3.63) is 53.4 Å². The highest BCUT2D eigenvalue weighted by Gasteiger charge is 2.22. The Morgan fingerprint density at radius 2 is 2.06 bits per heavy atom. The van der Waals surface area contributed by atoms with Gasteiger partial charge in [0.05, 0.1) is 38.3 Å². The number of alkyl halides is 2. The standard InChI is InChI=1S/C22H19F2N7OS2/c1-11(2)31-18-14(10-26-31)13(9-15(28-18)16-5-4-8-33-16)20(32)29-22-27-12(3)17(34-22)19-25-6-7-30(19)21(23)24/h4-11,21H,1-3H3,(H,27,29,32). The van der Waals surface area contributed by atoms with Crippen LogP contribution in [0.15, 0.2) is 42.2 Å². The first-order chi connectivity index (χ1) is 16.3. The van der Waals surface area contributed by atoms with E-state index in [9.17, 15) is 13.6 Å². The molecule has 0 radical (unpaired) electrons. The molecule has 1 N–H and O–H groups in total. The van der Waals surface area contributed by atoms with Gasteiger partial charge in [-0.3, -0.25) is 14.7 Å². The molecule has 5 aromatic heterocycles. The van der Waals surface area contributed by atoms with Gasteiger partial charge in [-0.2, -0.15) is 13.9 Å². The number of aromatic nitrogens is 6. The number of hydrogen-bond acceptors (Lipinski definition) is 7. The molecule has 0 spiro atoms. The number of nitrogens with one attached hydrogen (secondary N) is 1. The predicted octanol–water partition coefficient (Wildman–Crippen LogP) is 6.02. The summed E-state index contributed by atoms with van der Waals surface area (Å²) < 4.78 is 29.2. The summed E-state index contributed by atoms with van der Waals surface area (Å²) in [4.78, 5) is 27.9. The average molecular weight is 500 g/mol. The SMILES string of the molecule is Cc1nc(NC(=O)c2cc(-c3cccs3)nc3c2cnn3C(C)C)sc1-c1nccn1C(F)F. The zero-order valence-corrected chi connectivity index (χ0v) is 20.0. The highest BCUT2D eigenvalue weighted by molar-refractivity contribution is 7.19. The van der Waals surface area contributed by atoms with Gasteiger partial charge < -0.3 is 0 Å². The molecule has 0 saturated heterocycles. The van der Waals surface area contributed by atoms with E-state index in [4.69, 9.17) is 4.98 Å². The molecule has 0 bridgehead atoms. The van der Waals surface area contributed by atoms with Crippen LogP contribution < -0.4 is 5.32 Å². The number of carbonyl (C=O) groups is 1. The smallest absolute Gasteiger partial charge is 0.298 e. The summed E-state index contributed by atoms with van der Waals surface area (Å²) in [5.41, 5.74) is 2.19. The van der Waals surface area contributed by atoms with Crippen molar-refractivity contribution in [1.29, 1.82) is 0 Å². The van der Waals surface area contributed by atoms with Crippen LogP contribution in [0.3, 0.4) is 0 Å². The number of halogens is 2. The maximum Gasteiger partial charge on any atom is 0.320 e. The summed E-state index contributed by atoms with van der Waals surface area (Å²) in [6.07, 6.45) is 4.15. The zero-order chi connectivity index (χ0) is 24.0. The number of fused-ring (bicyclic) bond motifs is 1. The number of pyridine rings is 1. The first-order valence-corrected chi connectivity index (χ1v) is 12.1. The summed E-state index contributed by atoms with van der Waals surface area (Å²) in [7, 11) is 0. The van der Waals surface area contributed by atoms with Gasteiger partial charge in [0.15, 0.2) is 16.6 Å². The lowest BCUT2D eigenvalue weighted by Gasteiger charge is -2.09. The van der Waals surface area contributed by atoms with Crippen LogP contribution in [0.5, 0.6) is 0 Å². The Morgan fingerprint density at radius 1 is 1.24 bits per heavy atom. The summed E-state index contributed by atoms with van der Waals surface area (Å²) in [5, 5.41) is 10.1. The van der Waals surface area contributed by atoms with E-state index in [0.29, 0.717) is 38.0 Å². The third-order valence-corrected chi connectivity index (χ3v) is 7.13. The number of rotatable bonds is 6. The summed E-state index contributed by atoms with van der Waals surface area (Å²) >= 11 is 2.62. The van der Waals surface area contributed by atoms with Crippen LogP contribution in [0.25, 0.3) is 32.3 Å². The lowest BCUT2D eigenvalue weighted by Crippen LogP contribution is -2.13. The fourth-order valence-electron chi connectivity index (χ4n) is 3.60. The molecule has 0 atom stereocenters. The second-order valence-electron chi connectivity index (χ2n) is 7.78. The van der Waals surface area contributed by atoms with Gasteiger partial charge in [-0.15, -0.1) is 11.3 Å². The Kier molecular flexibility index (Phi) is 5.70. The molecule has 174 valence electrons. The first-order valence-electron chi connectivity index (χ1n) is 10.4. The largest absolute Gasteiger partial charge is 0.320 e. The quantitative estimate of drug-likeness (QED) is 0.309. The van der Waals surface area contributed by atoms with Gasteiger partial charge in [-0.05, 0) is 38.3 Å². The number of amides is 1. The van der Waals surface area contributed by atoms with Crippen molar-refractivity contribution in [2.24, 2.45) is 0 Å². The van der Waals surface area contributed by atoms with Crippen molar-refractivity contribution in [3.8, 4) is 21.3 Å². The molecular weight excluding hydrogens is 480 g/mol. The topological polar surface area (TPSA) is 90.5 Å². The molecule has 0 aliphatic carbocycles. The number of imidazole rings is 1. The van der Waals surface area contributed by atoms with Crippen molar-refractivity contribution >= 4 is 44.7 Å². The van der Waals surface area contributed by atoms with Gasteiger partial charge >= 0.3 is 6.55 Å². The number of thiazole rings is 1. The number of thiophene rings is 1. The highest BCUT2D eigenvalue weighted by atomic mass is 32.1. The molecule has 0 saturated carbocycles. The monoisotopic (exact) mass is 499 g/mol. The summed E-state index contributed by atoms with van der Waals surface area (Å²) in [6, 6.07) is 5.66. The number of anilines is 1. The van der Waals surface area contributed by atoms with E-state index in [0.717, 1.165) is 20.8 Å². The van der Waals surface area contributed by atoms with E-state index >= 15 is 0 Å². The molecular formula is C22H19F2N7OS2. The van der Waals surface area contributed by atoms with Crippen LogP contribution in [0, 0.1) is 6.92 Å². The molecule has 34 heavy (non-hydrogen) atoms. The van der Waals surface area contributed by atoms with Crippen molar-refractivity contribution in [2.75, 3.05) is 5.32 Å². The average Bonchev–Trinajstić information content (AvgIpc) is 3.57. The normalized spacial score (nSPS) is 11.7.